The maximum atomic E-state index is 9.45. The van der Waals surface area contributed by atoms with Crippen LogP contribution >= 0.6 is 0 Å². The molecule has 0 fully saturated rings. The molecule has 0 spiro atoms. The molecular weight excluding hydrogens is 256 g/mol. The lowest BCUT2D eigenvalue weighted by Crippen LogP contribution is -2.33. The summed E-state index contributed by atoms with van der Waals surface area (Å²) in [4.78, 5) is 4.40. The van der Waals surface area contributed by atoms with Gasteiger partial charge >= 0.3 is 0 Å². The molecule has 5 nitrogen and oxygen atoms in total. The summed E-state index contributed by atoms with van der Waals surface area (Å²) < 4.78 is 16.3. The third kappa shape index (κ3) is 2.92. The lowest BCUT2D eigenvalue weighted by atomic mass is 9.88. The number of hydrogen-bond donors (Lipinski definition) is 0. The molecule has 0 amide bonds. The van der Waals surface area contributed by atoms with E-state index in [1.807, 2.05) is 20.8 Å². The van der Waals surface area contributed by atoms with Crippen molar-refractivity contribution >= 4 is 0 Å². The van der Waals surface area contributed by atoms with Gasteiger partial charge in [0.2, 0.25) is 5.88 Å². The van der Waals surface area contributed by atoms with Gasteiger partial charge in [0.25, 0.3) is 0 Å². The number of aromatic nitrogens is 1. The van der Waals surface area contributed by atoms with Crippen LogP contribution in [0.5, 0.6) is 5.88 Å². The molecule has 1 aliphatic rings. The van der Waals surface area contributed by atoms with Gasteiger partial charge in [-0.25, -0.2) is 4.98 Å². The van der Waals surface area contributed by atoms with Crippen LogP contribution in [0.15, 0.2) is 0 Å². The maximum absolute atomic E-state index is 9.45. The van der Waals surface area contributed by atoms with E-state index >= 15 is 0 Å². The Bertz CT molecular complexity index is 547. The summed E-state index contributed by atoms with van der Waals surface area (Å²) in [7, 11) is 1.61. The molecule has 0 saturated carbocycles. The standard InChI is InChI=1S/C15H20N2O3/c1-10-13-9-20-15(2,3)7-11(13)12(8-16)14(17-10)19-6-5-18-4/h5-7,9H2,1-4H3. The van der Waals surface area contributed by atoms with Gasteiger partial charge in [-0.1, -0.05) is 0 Å². The number of nitrogens with zero attached hydrogens (tertiary/aromatic N) is 2. The van der Waals surface area contributed by atoms with Crippen LogP contribution in [-0.4, -0.2) is 30.9 Å². The molecular formula is C15H20N2O3. The number of fused-ring (bicyclic) bond motifs is 1. The third-order valence-electron chi connectivity index (χ3n) is 3.43. The minimum absolute atomic E-state index is 0.268. The zero-order valence-corrected chi connectivity index (χ0v) is 12.4. The van der Waals surface area contributed by atoms with Crippen molar-refractivity contribution in [2.24, 2.45) is 0 Å². The molecule has 0 atom stereocenters. The molecule has 1 aliphatic heterocycles. The van der Waals surface area contributed by atoms with Crippen molar-refractivity contribution in [2.75, 3.05) is 20.3 Å². The van der Waals surface area contributed by atoms with E-state index in [1.165, 1.54) is 0 Å². The molecule has 0 bridgehead atoms. The molecule has 2 rings (SSSR count). The number of rotatable bonds is 4. The van der Waals surface area contributed by atoms with Gasteiger partial charge in [0.1, 0.15) is 18.2 Å². The van der Waals surface area contributed by atoms with Gasteiger partial charge in [0.05, 0.1) is 18.8 Å². The van der Waals surface area contributed by atoms with E-state index in [9.17, 15) is 5.26 Å². The monoisotopic (exact) mass is 276 g/mol. The Hall–Kier alpha value is -1.64. The summed E-state index contributed by atoms with van der Waals surface area (Å²) in [5.41, 5.74) is 3.14. The van der Waals surface area contributed by atoms with Crippen LogP contribution in [0.2, 0.25) is 0 Å². The zero-order valence-electron chi connectivity index (χ0n) is 12.4. The lowest BCUT2D eigenvalue weighted by Gasteiger charge is -2.33. The van der Waals surface area contributed by atoms with Crippen LogP contribution < -0.4 is 4.74 Å². The number of pyridine rings is 1. The Morgan fingerprint density at radius 3 is 2.75 bits per heavy atom. The van der Waals surface area contributed by atoms with Crippen LogP contribution in [0.4, 0.5) is 0 Å². The van der Waals surface area contributed by atoms with Crippen LogP contribution in [0.1, 0.15) is 36.2 Å². The van der Waals surface area contributed by atoms with E-state index in [-0.39, 0.29) is 5.60 Å². The fraction of sp³-hybridized carbons (Fsp3) is 0.600. The van der Waals surface area contributed by atoms with Crippen molar-refractivity contribution in [1.29, 1.82) is 5.26 Å². The minimum atomic E-state index is -0.268. The summed E-state index contributed by atoms with van der Waals surface area (Å²) in [6.45, 7) is 7.32. The van der Waals surface area contributed by atoms with Crippen LogP contribution in [0, 0.1) is 18.3 Å². The minimum Gasteiger partial charge on any atom is -0.474 e. The first kappa shape index (κ1) is 14.8. The number of hydrogen-bond acceptors (Lipinski definition) is 5. The molecule has 2 heterocycles. The van der Waals surface area contributed by atoms with E-state index < -0.39 is 0 Å². The number of nitriles is 1. The molecule has 1 aromatic heterocycles. The first-order chi connectivity index (χ1) is 9.48. The second-order valence-corrected chi connectivity index (χ2v) is 5.51. The van der Waals surface area contributed by atoms with Crippen molar-refractivity contribution in [2.45, 2.75) is 39.4 Å². The van der Waals surface area contributed by atoms with Crippen LogP contribution in [0.25, 0.3) is 0 Å². The zero-order chi connectivity index (χ0) is 14.8. The largest absolute Gasteiger partial charge is 0.474 e. The van der Waals surface area contributed by atoms with E-state index in [0.717, 1.165) is 16.8 Å². The van der Waals surface area contributed by atoms with Crippen molar-refractivity contribution in [1.82, 2.24) is 4.98 Å². The Balaban J connectivity index is 2.41. The Morgan fingerprint density at radius 2 is 2.10 bits per heavy atom. The molecule has 1 aromatic rings. The molecule has 0 N–H and O–H groups in total. The predicted molar refractivity (Wildman–Crippen MR) is 73.6 cm³/mol. The highest BCUT2D eigenvalue weighted by molar-refractivity contribution is 5.51. The topological polar surface area (TPSA) is 64.4 Å². The van der Waals surface area contributed by atoms with E-state index in [2.05, 4.69) is 11.1 Å². The number of aryl methyl sites for hydroxylation is 1. The molecule has 0 unspecified atom stereocenters. The molecule has 108 valence electrons. The van der Waals surface area contributed by atoms with E-state index in [4.69, 9.17) is 14.2 Å². The average Bonchev–Trinajstić information content (AvgIpc) is 2.38. The van der Waals surface area contributed by atoms with Gasteiger partial charge in [0, 0.05) is 24.8 Å². The van der Waals surface area contributed by atoms with E-state index in [0.29, 0.717) is 37.7 Å². The molecule has 20 heavy (non-hydrogen) atoms. The van der Waals surface area contributed by atoms with Gasteiger partial charge in [-0.2, -0.15) is 5.26 Å². The second-order valence-electron chi connectivity index (χ2n) is 5.51. The van der Waals surface area contributed by atoms with Gasteiger partial charge in [-0.05, 0) is 26.3 Å². The van der Waals surface area contributed by atoms with Gasteiger partial charge in [-0.3, -0.25) is 0 Å². The summed E-state index contributed by atoms with van der Waals surface area (Å²) >= 11 is 0. The van der Waals surface area contributed by atoms with Crippen molar-refractivity contribution in [3.8, 4) is 11.9 Å². The normalized spacial score (nSPS) is 16.4. The first-order valence-corrected chi connectivity index (χ1v) is 6.66. The SMILES string of the molecule is COCCOc1nc(C)c2c(c1C#N)CC(C)(C)OC2. The molecule has 0 aliphatic carbocycles. The highest BCUT2D eigenvalue weighted by Crippen LogP contribution is 2.34. The van der Waals surface area contributed by atoms with E-state index in [1.54, 1.807) is 7.11 Å². The van der Waals surface area contributed by atoms with Crippen LogP contribution in [0.3, 0.4) is 0 Å². The Kier molecular flexibility index (Phi) is 4.26. The predicted octanol–water partition coefficient (Wildman–Crippen LogP) is 2.14. The number of ether oxygens (including phenoxy) is 3. The van der Waals surface area contributed by atoms with Gasteiger partial charge < -0.3 is 14.2 Å². The smallest absolute Gasteiger partial charge is 0.232 e. The molecule has 0 aromatic carbocycles. The fourth-order valence-corrected chi connectivity index (χ4v) is 2.35. The fourth-order valence-electron chi connectivity index (χ4n) is 2.35. The third-order valence-corrected chi connectivity index (χ3v) is 3.43. The first-order valence-electron chi connectivity index (χ1n) is 6.66. The summed E-state index contributed by atoms with van der Waals surface area (Å²) in [6.07, 6.45) is 0.690. The Morgan fingerprint density at radius 1 is 1.35 bits per heavy atom. The van der Waals surface area contributed by atoms with Crippen LogP contribution in [-0.2, 0) is 22.5 Å². The second kappa shape index (κ2) is 5.78. The summed E-state index contributed by atoms with van der Waals surface area (Å²) in [5.74, 6) is 0.401. The van der Waals surface area contributed by atoms with Crippen molar-refractivity contribution < 1.29 is 14.2 Å². The molecule has 0 radical (unpaired) electrons. The Labute approximate surface area is 119 Å². The summed E-state index contributed by atoms with van der Waals surface area (Å²) in [5, 5.41) is 9.45. The average molecular weight is 276 g/mol. The quantitative estimate of drug-likeness (QED) is 0.788. The highest BCUT2D eigenvalue weighted by atomic mass is 16.5. The number of methoxy groups -OCH3 is 1. The van der Waals surface area contributed by atoms with Gasteiger partial charge in [-0.15, -0.1) is 0 Å². The van der Waals surface area contributed by atoms with Gasteiger partial charge in [0.15, 0.2) is 0 Å². The molecule has 0 saturated heterocycles. The highest BCUT2D eigenvalue weighted by Gasteiger charge is 2.31. The van der Waals surface area contributed by atoms with Crippen molar-refractivity contribution in [3.05, 3.63) is 22.4 Å². The molecule has 5 heteroatoms. The maximum Gasteiger partial charge on any atom is 0.232 e. The lowest BCUT2D eigenvalue weighted by molar-refractivity contribution is -0.0407. The van der Waals surface area contributed by atoms with Crippen molar-refractivity contribution in [3.63, 3.8) is 0 Å². The summed E-state index contributed by atoms with van der Waals surface area (Å²) in [6, 6.07) is 2.23.